The molecule has 0 saturated carbocycles. The fourth-order valence-electron chi connectivity index (χ4n) is 5.04. The van der Waals surface area contributed by atoms with Crippen LogP contribution in [-0.2, 0) is 33.3 Å². The summed E-state index contributed by atoms with van der Waals surface area (Å²) in [5, 5.41) is 82.3. The van der Waals surface area contributed by atoms with E-state index in [1.165, 1.54) is 63.8 Å². The summed E-state index contributed by atoms with van der Waals surface area (Å²) >= 11 is 0. The quantitative estimate of drug-likeness (QED) is 0.0869. The molecule has 18 nitrogen and oxygen atoms in total. The number of rotatable bonds is 13. The minimum Gasteiger partial charge on any atom is -0.504 e. The third-order valence-electron chi connectivity index (χ3n) is 7.91. The van der Waals surface area contributed by atoms with Gasteiger partial charge >= 0.3 is 11.9 Å². The van der Waals surface area contributed by atoms with E-state index in [4.69, 9.17) is 37.9 Å². The van der Waals surface area contributed by atoms with E-state index in [1.807, 2.05) is 0 Å². The minimum atomic E-state index is -1.87. The summed E-state index contributed by atoms with van der Waals surface area (Å²) in [5.74, 6) is -1.92. The molecule has 2 aromatic carbocycles. The summed E-state index contributed by atoms with van der Waals surface area (Å²) in [6.07, 6.45) is -12.6. The minimum absolute atomic E-state index is 0.0915. The van der Waals surface area contributed by atoms with E-state index in [2.05, 4.69) is 0 Å². The molecule has 0 aromatic heterocycles. The lowest BCUT2D eigenvalue weighted by Gasteiger charge is -2.42. The first-order valence-corrected chi connectivity index (χ1v) is 15.3. The highest BCUT2D eigenvalue weighted by Gasteiger charge is 2.48. The van der Waals surface area contributed by atoms with Crippen LogP contribution in [0.3, 0.4) is 0 Å². The molecule has 2 aliphatic heterocycles. The highest BCUT2D eigenvalue weighted by atomic mass is 16.7. The van der Waals surface area contributed by atoms with Crippen molar-refractivity contribution in [2.24, 2.45) is 0 Å². The van der Waals surface area contributed by atoms with Crippen molar-refractivity contribution in [1.29, 1.82) is 0 Å². The van der Waals surface area contributed by atoms with Crippen molar-refractivity contribution in [1.82, 2.24) is 0 Å². The fourth-order valence-corrected chi connectivity index (χ4v) is 5.04. The highest BCUT2D eigenvalue weighted by molar-refractivity contribution is 5.88. The van der Waals surface area contributed by atoms with Crippen molar-refractivity contribution in [3.8, 4) is 28.7 Å². The second kappa shape index (κ2) is 17.6. The molecule has 2 heterocycles. The smallest absolute Gasteiger partial charge is 0.333 e. The zero-order valence-electron chi connectivity index (χ0n) is 27.5. The van der Waals surface area contributed by atoms with Gasteiger partial charge < -0.3 is 78.7 Å². The van der Waals surface area contributed by atoms with Gasteiger partial charge in [0.05, 0.1) is 27.9 Å². The van der Waals surface area contributed by atoms with Gasteiger partial charge in [-0.1, -0.05) is 6.07 Å². The summed E-state index contributed by atoms with van der Waals surface area (Å²) in [4.78, 5) is 24.9. The Morgan fingerprint density at radius 3 is 1.76 bits per heavy atom. The summed E-state index contributed by atoms with van der Waals surface area (Å²) < 4.78 is 41.9. The maximum absolute atomic E-state index is 12.5. The van der Waals surface area contributed by atoms with Gasteiger partial charge in [0.25, 0.3) is 0 Å². The molecule has 0 aliphatic carbocycles. The van der Waals surface area contributed by atoms with Crippen molar-refractivity contribution < 1.29 is 88.3 Å². The van der Waals surface area contributed by atoms with E-state index >= 15 is 0 Å². The number of hydrogen-bond acceptors (Lipinski definition) is 18. The average molecular weight is 725 g/mol. The van der Waals surface area contributed by atoms with Crippen LogP contribution in [0, 0.1) is 0 Å². The van der Waals surface area contributed by atoms with Crippen LogP contribution in [-0.4, -0.2) is 149 Å². The molecule has 8 N–H and O–H groups in total. The molecule has 10 atom stereocenters. The number of benzene rings is 2. The zero-order valence-corrected chi connectivity index (χ0v) is 27.5. The van der Waals surface area contributed by atoms with Crippen LogP contribution in [0.4, 0.5) is 0 Å². The van der Waals surface area contributed by atoms with Gasteiger partial charge in [-0.15, -0.1) is 0 Å². The van der Waals surface area contributed by atoms with E-state index in [1.54, 1.807) is 0 Å². The molecular formula is C33H40O18. The topological polar surface area (TPSA) is 270 Å². The number of phenols is 2. The first kappa shape index (κ1) is 39.3. The normalized spacial score (nSPS) is 29.5. The number of aliphatic hydroxyl groups is 6. The SMILES string of the molecule is COc1cc(/C=C/C(=O)O[C@@H]2O[C@H](CO[C@@H]3O[C@H](COC(=O)/C=C/c4cc(OC)c(O)c(OC)c4)[C@@H](O)[C@H](O)[C@H]3O)[C@@H](O)[C@H](O)[C@H]2O)ccc1O. The maximum atomic E-state index is 12.5. The zero-order chi connectivity index (χ0) is 37.4. The molecule has 0 radical (unpaired) electrons. The van der Waals surface area contributed by atoms with Crippen LogP contribution in [0.2, 0.25) is 0 Å². The summed E-state index contributed by atoms with van der Waals surface area (Å²) in [7, 11) is 4.01. The van der Waals surface area contributed by atoms with E-state index in [0.29, 0.717) is 11.1 Å². The van der Waals surface area contributed by atoms with Crippen LogP contribution in [0.25, 0.3) is 12.2 Å². The molecule has 18 heteroatoms. The van der Waals surface area contributed by atoms with Gasteiger partial charge in [-0.3, -0.25) is 0 Å². The second-order valence-corrected chi connectivity index (χ2v) is 11.3. The fraction of sp³-hybridized carbons (Fsp3) is 0.455. The number of ether oxygens (including phenoxy) is 8. The maximum Gasteiger partial charge on any atom is 0.333 e. The standard InChI is InChI=1S/C33H40O18/c1-44-18-10-15(4-7-17(18)34)5-9-24(36)51-33-31(43)29(41)27(39)22(50-33)14-48-32-30(42)28(40)26(38)21(49-32)13-47-23(35)8-6-16-11-19(45-2)25(37)20(12-16)46-3/h4-12,21-22,26-34,37-43H,13-14H2,1-3H3/b8-6+,9-5+/t21-,22-,26-,27-,28+,29+,30-,31-,32-,33+/m1/s1. The molecular weight excluding hydrogens is 684 g/mol. The highest BCUT2D eigenvalue weighted by Crippen LogP contribution is 2.37. The molecule has 0 unspecified atom stereocenters. The van der Waals surface area contributed by atoms with Gasteiger partial charge in [0.1, 0.15) is 55.4 Å². The molecule has 2 aliphatic rings. The Bertz CT molecular complexity index is 1540. The number of carbonyl (C=O) groups is 2. The molecule has 280 valence electrons. The van der Waals surface area contributed by atoms with Gasteiger partial charge in [-0.05, 0) is 47.5 Å². The predicted octanol–water partition coefficient (Wildman–Crippen LogP) is -1.43. The van der Waals surface area contributed by atoms with E-state index in [9.17, 15) is 50.4 Å². The number of aromatic hydroxyl groups is 2. The molecule has 2 aromatic rings. The Balaban J connectivity index is 1.33. The van der Waals surface area contributed by atoms with E-state index < -0.39 is 86.6 Å². The van der Waals surface area contributed by atoms with Gasteiger partial charge in [0.15, 0.2) is 29.3 Å². The third kappa shape index (κ3) is 9.64. The van der Waals surface area contributed by atoms with Crippen molar-refractivity contribution in [2.45, 2.75) is 61.4 Å². The van der Waals surface area contributed by atoms with Crippen LogP contribution in [0.1, 0.15) is 11.1 Å². The number of esters is 2. The Hall–Kier alpha value is -4.50. The van der Waals surface area contributed by atoms with E-state index in [-0.39, 0.29) is 28.7 Å². The summed E-state index contributed by atoms with van der Waals surface area (Å²) in [6.45, 7) is -1.26. The van der Waals surface area contributed by atoms with Crippen molar-refractivity contribution in [3.05, 3.63) is 53.6 Å². The van der Waals surface area contributed by atoms with Crippen molar-refractivity contribution in [3.63, 3.8) is 0 Å². The molecule has 2 saturated heterocycles. The predicted molar refractivity (Wildman–Crippen MR) is 170 cm³/mol. The lowest BCUT2D eigenvalue weighted by atomic mass is 9.98. The number of carbonyl (C=O) groups excluding carboxylic acids is 2. The molecule has 0 amide bonds. The van der Waals surface area contributed by atoms with Crippen LogP contribution in [0.15, 0.2) is 42.5 Å². The Labute approximate surface area is 290 Å². The van der Waals surface area contributed by atoms with Crippen LogP contribution >= 0.6 is 0 Å². The van der Waals surface area contributed by atoms with E-state index in [0.717, 1.165) is 12.2 Å². The second-order valence-electron chi connectivity index (χ2n) is 11.3. The summed E-state index contributed by atoms with van der Waals surface area (Å²) in [5.41, 5.74) is 0.861. The van der Waals surface area contributed by atoms with Gasteiger partial charge in [-0.2, -0.15) is 0 Å². The third-order valence-corrected chi connectivity index (χ3v) is 7.91. The molecule has 0 spiro atoms. The largest absolute Gasteiger partial charge is 0.504 e. The Kier molecular flexibility index (Phi) is 13.6. The number of hydrogen-bond donors (Lipinski definition) is 8. The van der Waals surface area contributed by atoms with Crippen LogP contribution < -0.4 is 14.2 Å². The van der Waals surface area contributed by atoms with Crippen LogP contribution in [0.5, 0.6) is 28.7 Å². The monoisotopic (exact) mass is 724 g/mol. The first-order valence-electron chi connectivity index (χ1n) is 15.3. The molecule has 0 bridgehead atoms. The Morgan fingerprint density at radius 1 is 0.647 bits per heavy atom. The lowest BCUT2D eigenvalue weighted by Crippen LogP contribution is -2.62. The lowest BCUT2D eigenvalue weighted by molar-refractivity contribution is -0.326. The van der Waals surface area contributed by atoms with Crippen molar-refractivity contribution >= 4 is 24.1 Å². The van der Waals surface area contributed by atoms with Gasteiger partial charge in [-0.25, -0.2) is 9.59 Å². The summed E-state index contributed by atoms with van der Waals surface area (Å²) in [6, 6.07) is 7.14. The van der Waals surface area contributed by atoms with Gasteiger partial charge in [0, 0.05) is 12.2 Å². The molecule has 51 heavy (non-hydrogen) atoms. The average Bonchev–Trinajstić information content (AvgIpc) is 3.12. The van der Waals surface area contributed by atoms with Gasteiger partial charge in [0.2, 0.25) is 12.0 Å². The first-order chi connectivity index (χ1) is 24.3. The number of aliphatic hydroxyl groups excluding tert-OH is 6. The number of methoxy groups -OCH3 is 3. The number of phenolic OH excluding ortho intramolecular Hbond substituents is 2. The Morgan fingerprint density at radius 2 is 1.16 bits per heavy atom. The molecule has 2 fully saturated rings. The molecule has 4 rings (SSSR count). The van der Waals surface area contributed by atoms with Crippen molar-refractivity contribution in [2.75, 3.05) is 34.5 Å².